The molecule has 2 aromatic heterocycles. The van der Waals surface area contributed by atoms with E-state index in [2.05, 4.69) is 14.7 Å². The standard InChI is InChI=1S/C22H23N5O3S/c1-3-26-14-23-20-19(26)21(28)25-22(29)27(20)13-16-6-4-15(5-7-16)12-24-31-18-10-8-17(30-2)9-11-18/h4-11,14,24H,3,12-13H2,1-2H3,(H,25,28,29). The van der Waals surface area contributed by atoms with Gasteiger partial charge in [-0.3, -0.25) is 19.1 Å². The lowest BCUT2D eigenvalue weighted by molar-refractivity contribution is 0.414. The maximum absolute atomic E-state index is 12.4. The smallest absolute Gasteiger partial charge is 0.330 e. The van der Waals surface area contributed by atoms with Crippen molar-refractivity contribution in [1.29, 1.82) is 0 Å². The number of nitrogens with zero attached hydrogens (tertiary/aromatic N) is 3. The second-order valence-electron chi connectivity index (χ2n) is 6.96. The molecule has 31 heavy (non-hydrogen) atoms. The molecule has 9 heteroatoms. The summed E-state index contributed by atoms with van der Waals surface area (Å²) in [6.07, 6.45) is 1.59. The summed E-state index contributed by atoms with van der Waals surface area (Å²) in [5.41, 5.74) is 2.02. The Labute approximate surface area is 183 Å². The second-order valence-corrected chi connectivity index (χ2v) is 7.93. The fourth-order valence-corrected chi connectivity index (χ4v) is 3.98. The molecule has 2 aromatic carbocycles. The number of imidazole rings is 1. The number of H-pyrrole nitrogens is 1. The molecule has 0 fully saturated rings. The molecule has 0 saturated carbocycles. The minimum atomic E-state index is -0.458. The number of aryl methyl sites for hydroxylation is 1. The molecule has 0 aliphatic rings. The van der Waals surface area contributed by atoms with Crippen LogP contribution in [-0.2, 0) is 19.6 Å². The van der Waals surface area contributed by atoms with Gasteiger partial charge in [0.05, 0.1) is 20.0 Å². The Morgan fingerprint density at radius 2 is 1.77 bits per heavy atom. The molecule has 2 heterocycles. The van der Waals surface area contributed by atoms with Gasteiger partial charge in [-0.15, -0.1) is 0 Å². The predicted molar refractivity (Wildman–Crippen MR) is 122 cm³/mol. The van der Waals surface area contributed by atoms with Crippen LogP contribution in [0.4, 0.5) is 0 Å². The number of benzene rings is 2. The molecule has 0 saturated heterocycles. The Kier molecular flexibility index (Phi) is 6.24. The highest BCUT2D eigenvalue weighted by Gasteiger charge is 2.13. The topological polar surface area (TPSA) is 93.9 Å². The molecular weight excluding hydrogens is 414 g/mol. The van der Waals surface area contributed by atoms with E-state index in [-0.39, 0.29) is 0 Å². The minimum Gasteiger partial charge on any atom is -0.497 e. The first-order valence-corrected chi connectivity index (χ1v) is 10.7. The number of rotatable bonds is 8. The van der Waals surface area contributed by atoms with Crippen molar-refractivity contribution in [1.82, 2.24) is 23.8 Å². The number of aromatic amines is 1. The van der Waals surface area contributed by atoms with Crippen molar-refractivity contribution in [2.75, 3.05) is 7.11 Å². The highest BCUT2D eigenvalue weighted by atomic mass is 32.2. The van der Waals surface area contributed by atoms with Crippen LogP contribution in [0.15, 0.2) is 69.3 Å². The van der Waals surface area contributed by atoms with E-state index >= 15 is 0 Å². The minimum absolute atomic E-state index is 0.334. The normalized spacial score (nSPS) is 11.2. The van der Waals surface area contributed by atoms with E-state index in [0.717, 1.165) is 21.8 Å². The van der Waals surface area contributed by atoms with Crippen LogP contribution in [0.1, 0.15) is 18.1 Å². The fourth-order valence-electron chi connectivity index (χ4n) is 3.30. The van der Waals surface area contributed by atoms with Gasteiger partial charge in [-0.2, -0.15) is 0 Å². The number of ether oxygens (including phenoxy) is 1. The first kappa shape index (κ1) is 21.0. The second kappa shape index (κ2) is 9.23. The molecule has 0 spiro atoms. The van der Waals surface area contributed by atoms with E-state index in [9.17, 15) is 9.59 Å². The van der Waals surface area contributed by atoms with Gasteiger partial charge in [-0.25, -0.2) is 9.78 Å². The molecule has 4 aromatic rings. The molecule has 2 N–H and O–H groups in total. The van der Waals surface area contributed by atoms with Gasteiger partial charge in [0, 0.05) is 18.0 Å². The van der Waals surface area contributed by atoms with Gasteiger partial charge in [0.1, 0.15) is 5.75 Å². The lowest BCUT2D eigenvalue weighted by Crippen LogP contribution is -2.31. The quantitative estimate of drug-likeness (QED) is 0.412. The molecule has 4 rings (SSSR count). The number of fused-ring (bicyclic) bond motifs is 1. The Bertz CT molecular complexity index is 1290. The highest BCUT2D eigenvalue weighted by molar-refractivity contribution is 7.97. The Hall–Kier alpha value is -3.30. The zero-order valence-electron chi connectivity index (χ0n) is 17.3. The van der Waals surface area contributed by atoms with Crippen LogP contribution in [0.5, 0.6) is 5.75 Å². The molecule has 0 radical (unpaired) electrons. The average molecular weight is 438 g/mol. The third-order valence-electron chi connectivity index (χ3n) is 4.98. The van der Waals surface area contributed by atoms with Crippen LogP contribution in [0.3, 0.4) is 0 Å². The SMILES string of the molecule is CCn1cnc2c1c(=O)[nH]c(=O)n2Cc1ccc(CNSc2ccc(OC)cc2)cc1. The van der Waals surface area contributed by atoms with E-state index in [1.165, 1.54) is 4.57 Å². The summed E-state index contributed by atoms with van der Waals surface area (Å²) in [6, 6.07) is 15.9. The highest BCUT2D eigenvalue weighted by Crippen LogP contribution is 2.19. The van der Waals surface area contributed by atoms with Crippen LogP contribution >= 0.6 is 11.9 Å². The molecule has 0 amide bonds. The Morgan fingerprint density at radius 1 is 1.06 bits per heavy atom. The maximum atomic E-state index is 12.4. The molecule has 0 aliphatic heterocycles. The Balaban J connectivity index is 1.43. The van der Waals surface area contributed by atoms with Crippen LogP contribution in [-0.4, -0.2) is 26.2 Å². The van der Waals surface area contributed by atoms with Crippen molar-refractivity contribution in [3.63, 3.8) is 0 Å². The van der Waals surface area contributed by atoms with E-state index in [1.807, 2.05) is 55.5 Å². The zero-order valence-corrected chi connectivity index (χ0v) is 18.1. The van der Waals surface area contributed by atoms with E-state index in [0.29, 0.717) is 30.8 Å². The zero-order chi connectivity index (χ0) is 21.8. The van der Waals surface area contributed by atoms with Crippen molar-refractivity contribution in [3.8, 4) is 5.75 Å². The lowest BCUT2D eigenvalue weighted by Gasteiger charge is -2.09. The fraction of sp³-hybridized carbons (Fsp3) is 0.227. The van der Waals surface area contributed by atoms with Gasteiger partial charge in [-0.05, 0) is 54.3 Å². The van der Waals surface area contributed by atoms with Crippen LogP contribution in [0.2, 0.25) is 0 Å². The van der Waals surface area contributed by atoms with Gasteiger partial charge in [-0.1, -0.05) is 24.3 Å². The van der Waals surface area contributed by atoms with Crippen molar-refractivity contribution in [2.45, 2.75) is 31.5 Å². The van der Waals surface area contributed by atoms with Gasteiger partial charge in [0.25, 0.3) is 5.56 Å². The van der Waals surface area contributed by atoms with Crippen LogP contribution < -0.4 is 20.7 Å². The third kappa shape index (κ3) is 4.57. The van der Waals surface area contributed by atoms with Crippen molar-refractivity contribution < 1.29 is 4.74 Å². The number of nitrogens with one attached hydrogen (secondary N) is 2. The number of aromatic nitrogens is 4. The van der Waals surface area contributed by atoms with E-state index < -0.39 is 11.2 Å². The van der Waals surface area contributed by atoms with E-state index in [4.69, 9.17) is 4.74 Å². The molecule has 0 unspecified atom stereocenters. The summed E-state index contributed by atoms with van der Waals surface area (Å²) >= 11 is 1.56. The molecule has 0 aliphatic carbocycles. The van der Waals surface area contributed by atoms with Gasteiger partial charge in [0.2, 0.25) is 0 Å². The first-order chi connectivity index (χ1) is 15.1. The molecular formula is C22H23N5O3S. The summed E-state index contributed by atoms with van der Waals surface area (Å²) in [6.45, 7) is 3.56. The van der Waals surface area contributed by atoms with Gasteiger partial charge < -0.3 is 9.30 Å². The molecule has 0 bridgehead atoms. The predicted octanol–water partition coefficient (Wildman–Crippen LogP) is 2.76. The number of methoxy groups -OCH3 is 1. The largest absolute Gasteiger partial charge is 0.497 e. The van der Waals surface area contributed by atoms with Gasteiger partial charge in [0.15, 0.2) is 11.2 Å². The molecule has 160 valence electrons. The Morgan fingerprint density at radius 3 is 2.45 bits per heavy atom. The number of hydrogen-bond donors (Lipinski definition) is 2. The summed E-state index contributed by atoms with van der Waals surface area (Å²) in [4.78, 5) is 32.3. The van der Waals surface area contributed by atoms with Crippen molar-refractivity contribution >= 4 is 23.1 Å². The lowest BCUT2D eigenvalue weighted by atomic mass is 10.1. The monoisotopic (exact) mass is 437 g/mol. The average Bonchev–Trinajstić information content (AvgIpc) is 3.23. The molecule has 8 nitrogen and oxygen atoms in total. The van der Waals surface area contributed by atoms with Crippen LogP contribution in [0.25, 0.3) is 11.2 Å². The summed E-state index contributed by atoms with van der Waals surface area (Å²) in [5, 5.41) is 0. The van der Waals surface area contributed by atoms with Crippen molar-refractivity contribution in [3.05, 3.63) is 86.8 Å². The molecule has 0 atom stereocenters. The summed E-state index contributed by atoms with van der Waals surface area (Å²) in [7, 11) is 1.65. The summed E-state index contributed by atoms with van der Waals surface area (Å²) < 4.78 is 11.7. The summed E-state index contributed by atoms with van der Waals surface area (Å²) in [5.74, 6) is 0.834. The van der Waals surface area contributed by atoms with Crippen molar-refractivity contribution in [2.24, 2.45) is 0 Å². The maximum Gasteiger partial charge on any atom is 0.330 e. The van der Waals surface area contributed by atoms with Gasteiger partial charge >= 0.3 is 5.69 Å². The third-order valence-corrected chi connectivity index (χ3v) is 5.78. The van der Waals surface area contributed by atoms with E-state index in [1.54, 1.807) is 30.0 Å². The number of hydrogen-bond acceptors (Lipinski definition) is 6. The first-order valence-electron chi connectivity index (χ1n) is 9.88. The van der Waals surface area contributed by atoms with Crippen LogP contribution in [0, 0.1) is 0 Å².